The number of piperidine rings is 1. The highest BCUT2D eigenvalue weighted by molar-refractivity contribution is 5.04. The van der Waals surface area contributed by atoms with Crippen molar-refractivity contribution < 1.29 is 4.42 Å². The third kappa shape index (κ3) is 2.87. The molecule has 0 saturated carbocycles. The normalized spacial score (nSPS) is 16.9. The summed E-state index contributed by atoms with van der Waals surface area (Å²) in [6.07, 6.45) is 5.75. The van der Waals surface area contributed by atoms with E-state index in [1.807, 2.05) is 23.9 Å². The maximum atomic E-state index is 5.35. The molecule has 1 saturated heterocycles. The second kappa shape index (κ2) is 5.57. The van der Waals surface area contributed by atoms with Crippen LogP contribution in [0.25, 0.3) is 0 Å². The van der Waals surface area contributed by atoms with Crippen molar-refractivity contribution in [1.82, 2.24) is 20.1 Å². The van der Waals surface area contributed by atoms with Crippen LogP contribution in [-0.4, -0.2) is 27.9 Å². The average Bonchev–Trinajstić information content (AvgIpc) is 3.07. The lowest BCUT2D eigenvalue weighted by molar-refractivity contribution is 0.443. The van der Waals surface area contributed by atoms with Gasteiger partial charge in [-0.25, -0.2) is 4.98 Å². The number of aryl methyl sites for hydroxylation is 3. The molecule has 5 heteroatoms. The van der Waals surface area contributed by atoms with Crippen LogP contribution in [0.3, 0.4) is 0 Å². The van der Waals surface area contributed by atoms with Crippen molar-refractivity contribution in [3.05, 3.63) is 35.8 Å². The van der Waals surface area contributed by atoms with E-state index in [0.29, 0.717) is 5.92 Å². The quantitative estimate of drug-likeness (QED) is 0.908. The fourth-order valence-electron chi connectivity index (χ4n) is 2.60. The summed E-state index contributed by atoms with van der Waals surface area (Å²) >= 11 is 0. The van der Waals surface area contributed by atoms with Gasteiger partial charge in [0.05, 0.1) is 6.26 Å². The van der Waals surface area contributed by atoms with Gasteiger partial charge in [0.2, 0.25) is 0 Å². The van der Waals surface area contributed by atoms with E-state index in [9.17, 15) is 0 Å². The molecule has 0 unspecified atom stereocenters. The largest absolute Gasteiger partial charge is 0.469 e. The van der Waals surface area contributed by atoms with Crippen molar-refractivity contribution in [3.63, 3.8) is 0 Å². The van der Waals surface area contributed by atoms with Gasteiger partial charge in [0, 0.05) is 25.8 Å². The third-order valence-electron chi connectivity index (χ3n) is 3.75. The van der Waals surface area contributed by atoms with Crippen molar-refractivity contribution >= 4 is 0 Å². The first-order chi connectivity index (χ1) is 9.33. The van der Waals surface area contributed by atoms with Gasteiger partial charge in [0.15, 0.2) is 5.82 Å². The molecule has 0 aromatic carbocycles. The van der Waals surface area contributed by atoms with E-state index in [1.54, 1.807) is 6.26 Å². The van der Waals surface area contributed by atoms with Crippen molar-refractivity contribution in [2.24, 2.45) is 7.05 Å². The van der Waals surface area contributed by atoms with Crippen molar-refractivity contribution in [2.45, 2.75) is 31.6 Å². The summed E-state index contributed by atoms with van der Waals surface area (Å²) in [5.74, 6) is 3.58. The minimum atomic E-state index is 0.518. The topological polar surface area (TPSA) is 55.9 Å². The van der Waals surface area contributed by atoms with Crippen LogP contribution in [0.15, 0.2) is 22.8 Å². The number of nitrogens with zero attached hydrogens (tertiary/aromatic N) is 3. The minimum absolute atomic E-state index is 0.518. The highest BCUT2D eigenvalue weighted by Gasteiger charge is 2.20. The number of rotatable bonds is 4. The predicted octanol–water partition coefficient (Wildman–Crippen LogP) is 1.66. The molecule has 0 radical (unpaired) electrons. The number of aromatic nitrogens is 3. The molecule has 2 aromatic heterocycles. The Bertz CT molecular complexity index is 512. The first-order valence-electron chi connectivity index (χ1n) is 6.96. The van der Waals surface area contributed by atoms with Gasteiger partial charge >= 0.3 is 0 Å². The predicted molar refractivity (Wildman–Crippen MR) is 72.0 cm³/mol. The zero-order chi connectivity index (χ0) is 13.1. The zero-order valence-electron chi connectivity index (χ0n) is 11.3. The maximum Gasteiger partial charge on any atom is 0.154 e. The van der Waals surface area contributed by atoms with Gasteiger partial charge in [-0.05, 0) is 38.1 Å². The molecule has 19 heavy (non-hydrogen) atoms. The van der Waals surface area contributed by atoms with Crippen LogP contribution in [0.4, 0.5) is 0 Å². The molecule has 0 amide bonds. The van der Waals surface area contributed by atoms with E-state index >= 15 is 0 Å². The Morgan fingerprint density at radius 3 is 2.95 bits per heavy atom. The number of furan rings is 1. The molecule has 5 nitrogen and oxygen atoms in total. The van der Waals surface area contributed by atoms with Gasteiger partial charge < -0.3 is 9.73 Å². The van der Waals surface area contributed by atoms with Crippen molar-refractivity contribution in [1.29, 1.82) is 0 Å². The van der Waals surface area contributed by atoms with Crippen LogP contribution in [0.1, 0.15) is 36.2 Å². The Balaban J connectivity index is 1.66. The van der Waals surface area contributed by atoms with Gasteiger partial charge in [0.25, 0.3) is 0 Å². The summed E-state index contributed by atoms with van der Waals surface area (Å²) < 4.78 is 7.27. The molecule has 0 spiro atoms. The molecular formula is C14H20N4O. The van der Waals surface area contributed by atoms with Crippen molar-refractivity contribution in [3.8, 4) is 0 Å². The van der Waals surface area contributed by atoms with E-state index in [1.165, 1.54) is 0 Å². The smallest absolute Gasteiger partial charge is 0.154 e. The van der Waals surface area contributed by atoms with Crippen LogP contribution < -0.4 is 5.32 Å². The Labute approximate surface area is 113 Å². The monoisotopic (exact) mass is 260 g/mol. The fourth-order valence-corrected chi connectivity index (χ4v) is 2.60. The van der Waals surface area contributed by atoms with Gasteiger partial charge in [-0.15, -0.1) is 0 Å². The molecule has 1 aliphatic rings. The van der Waals surface area contributed by atoms with Crippen LogP contribution in [0.5, 0.6) is 0 Å². The average molecular weight is 260 g/mol. The van der Waals surface area contributed by atoms with E-state index in [0.717, 1.165) is 56.2 Å². The SMILES string of the molecule is Cn1nc(C2CCNCC2)nc1CCc1ccco1. The lowest BCUT2D eigenvalue weighted by Crippen LogP contribution is -2.27. The highest BCUT2D eigenvalue weighted by atomic mass is 16.3. The summed E-state index contributed by atoms with van der Waals surface area (Å²) in [7, 11) is 1.98. The standard InChI is InChI=1S/C14H20N4O/c1-18-13(5-4-12-3-2-10-19-12)16-14(17-18)11-6-8-15-9-7-11/h2-3,10-11,15H,4-9H2,1H3. The number of hydrogen-bond donors (Lipinski definition) is 1. The molecule has 0 atom stereocenters. The first kappa shape index (κ1) is 12.4. The fraction of sp³-hybridized carbons (Fsp3) is 0.571. The van der Waals surface area contributed by atoms with E-state index in [-0.39, 0.29) is 0 Å². The summed E-state index contributed by atoms with van der Waals surface area (Å²) in [6.45, 7) is 2.15. The molecule has 3 heterocycles. The lowest BCUT2D eigenvalue weighted by atomic mass is 9.98. The third-order valence-corrected chi connectivity index (χ3v) is 3.75. The molecule has 2 aromatic rings. The Morgan fingerprint density at radius 2 is 2.21 bits per heavy atom. The molecule has 1 fully saturated rings. The Hall–Kier alpha value is -1.62. The van der Waals surface area contributed by atoms with Crippen LogP contribution in [0, 0.1) is 0 Å². The van der Waals surface area contributed by atoms with Crippen LogP contribution >= 0.6 is 0 Å². The second-order valence-electron chi connectivity index (χ2n) is 5.11. The first-order valence-corrected chi connectivity index (χ1v) is 6.96. The second-order valence-corrected chi connectivity index (χ2v) is 5.11. The number of nitrogens with one attached hydrogen (secondary N) is 1. The molecule has 1 aliphatic heterocycles. The van der Waals surface area contributed by atoms with Crippen LogP contribution in [-0.2, 0) is 19.9 Å². The maximum absolute atomic E-state index is 5.35. The summed E-state index contributed by atoms with van der Waals surface area (Å²) in [5, 5.41) is 7.96. The molecule has 1 N–H and O–H groups in total. The minimum Gasteiger partial charge on any atom is -0.469 e. The summed E-state index contributed by atoms with van der Waals surface area (Å²) in [4.78, 5) is 4.72. The van der Waals surface area contributed by atoms with E-state index in [4.69, 9.17) is 9.40 Å². The number of hydrogen-bond acceptors (Lipinski definition) is 4. The Morgan fingerprint density at radius 1 is 1.37 bits per heavy atom. The summed E-state index contributed by atoms with van der Waals surface area (Å²) in [5.41, 5.74) is 0. The van der Waals surface area contributed by atoms with Gasteiger partial charge in [-0.3, -0.25) is 4.68 Å². The highest BCUT2D eigenvalue weighted by Crippen LogP contribution is 2.22. The van der Waals surface area contributed by atoms with Gasteiger partial charge in [-0.2, -0.15) is 5.10 Å². The summed E-state index contributed by atoms with van der Waals surface area (Å²) in [6, 6.07) is 3.93. The zero-order valence-corrected chi connectivity index (χ0v) is 11.3. The van der Waals surface area contributed by atoms with Gasteiger partial charge in [0.1, 0.15) is 11.6 Å². The Kier molecular flexibility index (Phi) is 3.64. The van der Waals surface area contributed by atoms with E-state index < -0.39 is 0 Å². The van der Waals surface area contributed by atoms with Gasteiger partial charge in [-0.1, -0.05) is 0 Å². The molecule has 102 valence electrons. The van der Waals surface area contributed by atoms with Crippen molar-refractivity contribution in [2.75, 3.05) is 13.1 Å². The van der Waals surface area contributed by atoms with E-state index in [2.05, 4.69) is 10.4 Å². The molecule has 0 bridgehead atoms. The molecule has 3 rings (SSSR count). The van der Waals surface area contributed by atoms with Crippen LogP contribution in [0.2, 0.25) is 0 Å². The molecular weight excluding hydrogens is 240 g/mol. The molecule has 0 aliphatic carbocycles. The lowest BCUT2D eigenvalue weighted by Gasteiger charge is -2.19.